The molecule has 5 heteroatoms. The molecule has 2 aromatic rings. The molecule has 0 amide bonds. The largest absolute Gasteiger partial charge is 0.324 e. The Balaban J connectivity index is 2.04. The van der Waals surface area contributed by atoms with Crippen LogP contribution in [0.2, 0.25) is 0 Å². The highest BCUT2D eigenvalue weighted by Gasteiger charge is 2.10. The molecule has 1 unspecified atom stereocenters. The van der Waals surface area contributed by atoms with E-state index in [4.69, 9.17) is 5.73 Å². The maximum Gasteiger partial charge on any atom is 0.0701 e. The second kappa shape index (κ2) is 5.12. The second-order valence-corrected chi connectivity index (χ2v) is 5.99. The van der Waals surface area contributed by atoms with Crippen LogP contribution in [0.3, 0.4) is 0 Å². The van der Waals surface area contributed by atoms with Crippen molar-refractivity contribution in [3.8, 4) is 0 Å². The molecule has 2 heterocycles. The molecule has 1 atom stereocenters. The van der Waals surface area contributed by atoms with Crippen LogP contribution in [-0.4, -0.2) is 9.78 Å². The molecule has 3 nitrogen and oxygen atoms in total. The Kier molecular flexibility index (Phi) is 3.78. The minimum atomic E-state index is 0.0528. The Bertz CT molecular complexity index is 463. The topological polar surface area (TPSA) is 43.8 Å². The molecular weight excluding hydrogens is 286 g/mol. The van der Waals surface area contributed by atoms with E-state index in [9.17, 15) is 0 Å². The lowest BCUT2D eigenvalue weighted by Gasteiger charge is -2.07. The van der Waals surface area contributed by atoms with Crippen LogP contribution in [-0.2, 0) is 13.0 Å². The van der Waals surface area contributed by atoms with Crippen LogP contribution in [0, 0.1) is 0 Å². The van der Waals surface area contributed by atoms with Crippen molar-refractivity contribution in [1.29, 1.82) is 0 Å². The van der Waals surface area contributed by atoms with Gasteiger partial charge >= 0.3 is 0 Å². The quantitative estimate of drug-likeness (QED) is 0.943. The van der Waals surface area contributed by atoms with Crippen LogP contribution in [0.5, 0.6) is 0 Å². The molecule has 86 valence electrons. The minimum Gasteiger partial charge on any atom is -0.324 e. The number of aryl methyl sites for hydroxylation is 1. The summed E-state index contributed by atoms with van der Waals surface area (Å²) in [5.74, 6) is 0. The third-order valence-electron chi connectivity index (χ3n) is 2.48. The normalized spacial score (nSPS) is 12.9. The molecule has 0 saturated heterocycles. The first-order valence-corrected chi connectivity index (χ1v) is 6.87. The Hall–Kier alpha value is -0.650. The Labute approximate surface area is 107 Å². The molecular formula is C11H14BrN3S. The second-order valence-electron chi connectivity index (χ2n) is 3.70. The average Bonchev–Trinajstić information content (AvgIpc) is 2.87. The molecule has 0 aliphatic carbocycles. The number of rotatable bonds is 4. The minimum absolute atomic E-state index is 0.0528. The van der Waals surface area contributed by atoms with Gasteiger partial charge in [0.25, 0.3) is 0 Å². The van der Waals surface area contributed by atoms with Gasteiger partial charge in [0.2, 0.25) is 0 Å². The Morgan fingerprint density at radius 1 is 1.62 bits per heavy atom. The summed E-state index contributed by atoms with van der Waals surface area (Å²) in [5, 5.41) is 6.34. The monoisotopic (exact) mass is 299 g/mol. The number of hydrogen-bond donors (Lipinski definition) is 1. The maximum absolute atomic E-state index is 6.14. The van der Waals surface area contributed by atoms with Crippen LogP contribution in [0.4, 0.5) is 0 Å². The number of nitrogens with zero attached hydrogens (tertiary/aromatic N) is 2. The summed E-state index contributed by atoms with van der Waals surface area (Å²) in [7, 11) is 0. The van der Waals surface area contributed by atoms with Gasteiger partial charge in [0, 0.05) is 18.8 Å². The van der Waals surface area contributed by atoms with E-state index >= 15 is 0 Å². The molecule has 0 spiro atoms. The van der Waals surface area contributed by atoms with Crippen molar-refractivity contribution in [2.75, 3.05) is 0 Å². The van der Waals surface area contributed by atoms with Gasteiger partial charge in [0.05, 0.1) is 9.98 Å². The molecule has 0 saturated carbocycles. The van der Waals surface area contributed by atoms with Crippen molar-refractivity contribution in [2.45, 2.75) is 25.9 Å². The summed E-state index contributed by atoms with van der Waals surface area (Å²) in [6, 6.07) is 2.14. The fourth-order valence-corrected chi connectivity index (χ4v) is 2.81. The highest BCUT2D eigenvalue weighted by Crippen LogP contribution is 2.25. The van der Waals surface area contributed by atoms with Crippen LogP contribution < -0.4 is 5.73 Å². The molecule has 0 aliphatic rings. The van der Waals surface area contributed by atoms with Crippen molar-refractivity contribution < 1.29 is 0 Å². The van der Waals surface area contributed by atoms with Crippen molar-refractivity contribution >= 4 is 27.3 Å². The summed E-state index contributed by atoms with van der Waals surface area (Å²) in [6.07, 6.45) is 4.79. The number of aromatic nitrogens is 2. The predicted octanol–water partition coefficient (Wildman–Crippen LogP) is 2.97. The fourth-order valence-electron chi connectivity index (χ4n) is 1.57. The Morgan fingerprint density at radius 2 is 2.44 bits per heavy atom. The molecule has 2 rings (SSSR count). The van der Waals surface area contributed by atoms with Gasteiger partial charge in [-0.15, -0.1) is 11.3 Å². The highest BCUT2D eigenvalue weighted by atomic mass is 79.9. The van der Waals surface area contributed by atoms with Gasteiger partial charge in [-0.25, -0.2) is 0 Å². The third kappa shape index (κ3) is 2.72. The first-order chi connectivity index (χ1) is 7.69. The highest BCUT2D eigenvalue weighted by molar-refractivity contribution is 9.11. The summed E-state index contributed by atoms with van der Waals surface area (Å²) >= 11 is 5.12. The third-order valence-corrected chi connectivity index (χ3v) is 4.00. The van der Waals surface area contributed by atoms with Crippen LogP contribution >= 0.6 is 27.3 Å². The van der Waals surface area contributed by atoms with E-state index in [-0.39, 0.29) is 6.04 Å². The van der Waals surface area contributed by atoms with E-state index in [1.807, 2.05) is 10.9 Å². The zero-order valence-corrected chi connectivity index (χ0v) is 11.5. The van der Waals surface area contributed by atoms with Crippen molar-refractivity contribution in [3.63, 3.8) is 0 Å². The van der Waals surface area contributed by atoms with Gasteiger partial charge in [-0.3, -0.25) is 4.68 Å². The number of thiophene rings is 1. The van der Waals surface area contributed by atoms with Gasteiger partial charge in [-0.05, 0) is 51.8 Å². The van der Waals surface area contributed by atoms with Crippen molar-refractivity contribution in [2.24, 2.45) is 5.73 Å². The zero-order valence-electron chi connectivity index (χ0n) is 9.06. The van der Waals surface area contributed by atoms with E-state index in [0.29, 0.717) is 0 Å². The van der Waals surface area contributed by atoms with E-state index < -0.39 is 0 Å². The maximum atomic E-state index is 6.14. The molecule has 2 aromatic heterocycles. The molecule has 0 aliphatic heterocycles. The SMILES string of the molecule is CCn1cc(CC(N)c2csc(Br)c2)cn1. The van der Waals surface area contributed by atoms with Crippen molar-refractivity contribution in [1.82, 2.24) is 9.78 Å². The van der Waals surface area contributed by atoms with Gasteiger partial charge < -0.3 is 5.73 Å². The first kappa shape index (κ1) is 11.8. The average molecular weight is 300 g/mol. The lowest BCUT2D eigenvalue weighted by Crippen LogP contribution is -2.12. The van der Waals surface area contributed by atoms with Gasteiger partial charge in [0.1, 0.15) is 0 Å². The van der Waals surface area contributed by atoms with Gasteiger partial charge in [-0.2, -0.15) is 5.10 Å². The molecule has 0 fully saturated rings. The first-order valence-electron chi connectivity index (χ1n) is 5.20. The molecule has 16 heavy (non-hydrogen) atoms. The lowest BCUT2D eigenvalue weighted by atomic mass is 10.1. The standard InChI is InChI=1S/C11H14BrN3S/c1-2-15-6-8(5-14-15)3-10(13)9-4-11(12)16-7-9/h4-7,10H,2-3,13H2,1H3. The van der Waals surface area contributed by atoms with E-state index in [0.717, 1.165) is 16.8 Å². The summed E-state index contributed by atoms with van der Waals surface area (Å²) < 4.78 is 3.05. The van der Waals surface area contributed by atoms with Crippen molar-refractivity contribution in [3.05, 3.63) is 38.8 Å². The smallest absolute Gasteiger partial charge is 0.0701 e. The number of nitrogens with two attached hydrogens (primary N) is 1. The Morgan fingerprint density at radius 3 is 3.00 bits per heavy atom. The van der Waals surface area contributed by atoms with Gasteiger partial charge in [0.15, 0.2) is 0 Å². The fraction of sp³-hybridized carbons (Fsp3) is 0.364. The van der Waals surface area contributed by atoms with Gasteiger partial charge in [-0.1, -0.05) is 0 Å². The summed E-state index contributed by atoms with van der Waals surface area (Å²) in [4.78, 5) is 0. The van der Waals surface area contributed by atoms with Crippen LogP contribution in [0.1, 0.15) is 24.1 Å². The van der Waals surface area contributed by atoms with E-state index in [1.165, 1.54) is 11.1 Å². The molecule has 0 radical (unpaired) electrons. The summed E-state index contributed by atoms with van der Waals surface area (Å²) in [6.45, 7) is 2.98. The zero-order chi connectivity index (χ0) is 11.5. The number of hydrogen-bond acceptors (Lipinski definition) is 3. The van der Waals surface area contributed by atoms with Crippen LogP contribution in [0.15, 0.2) is 27.6 Å². The molecule has 0 bridgehead atoms. The van der Waals surface area contributed by atoms with Crippen LogP contribution in [0.25, 0.3) is 0 Å². The van der Waals surface area contributed by atoms with E-state index in [1.54, 1.807) is 11.3 Å². The van der Waals surface area contributed by atoms with E-state index in [2.05, 4.69) is 45.6 Å². The summed E-state index contributed by atoms with van der Waals surface area (Å²) in [5.41, 5.74) is 8.51. The molecule has 0 aromatic carbocycles. The predicted molar refractivity (Wildman–Crippen MR) is 70.6 cm³/mol. The number of halogens is 1. The molecule has 2 N–H and O–H groups in total. The lowest BCUT2D eigenvalue weighted by molar-refractivity contribution is 0.657.